The Labute approximate surface area is 96.2 Å². The zero-order valence-corrected chi connectivity index (χ0v) is 10.1. The summed E-state index contributed by atoms with van der Waals surface area (Å²) in [6, 6.07) is 0. The highest BCUT2D eigenvalue weighted by Crippen LogP contribution is 2.10. The van der Waals surface area contributed by atoms with Crippen molar-refractivity contribution in [1.29, 1.82) is 0 Å². The lowest BCUT2D eigenvalue weighted by atomic mass is 10.1. The van der Waals surface area contributed by atoms with Gasteiger partial charge in [0, 0.05) is 25.0 Å². The Kier molecular flexibility index (Phi) is 3.56. The van der Waals surface area contributed by atoms with Gasteiger partial charge in [-0.25, -0.2) is 0 Å². The van der Waals surface area contributed by atoms with Crippen LogP contribution in [0.5, 0.6) is 0 Å². The first-order valence-electron chi connectivity index (χ1n) is 5.89. The number of nitrogens with zero attached hydrogens (tertiary/aromatic N) is 3. The van der Waals surface area contributed by atoms with Crippen LogP contribution in [-0.4, -0.2) is 46.8 Å². The maximum atomic E-state index is 5.00. The van der Waals surface area contributed by atoms with Crippen LogP contribution < -0.4 is 5.32 Å². The Morgan fingerprint density at radius 1 is 1.56 bits per heavy atom. The van der Waals surface area contributed by atoms with Crippen molar-refractivity contribution in [2.75, 3.05) is 26.2 Å². The van der Waals surface area contributed by atoms with E-state index in [-0.39, 0.29) is 5.54 Å². The van der Waals surface area contributed by atoms with Gasteiger partial charge in [0.1, 0.15) is 0 Å². The molecule has 16 heavy (non-hydrogen) atoms. The van der Waals surface area contributed by atoms with Gasteiger partial charge in [0.15, 0.2) is 6.33 Å². The van der Waals surface area contributed by atoms with E-state index >= 15 is 0 Å². The monoisotopic (exact) mass is 224 g/mol. The van der Waals surface area contributed by atoms with Crippen molar-refractivity contribution in [3.8, 4) is 0 Å². The van der Waals surface area contributed by atoms with Crippen molar-refractivity contribution in [1.82, 2.24) is 20.4 Å². The molecule has 0 bridgehead atoms. The third-order valence-corrected chi connectivity index (χ3v) is 2.92. The van der Waals surface area contributed by atoms with E-state index in [9.17, 15) is 0 Å². The molecule has 0 unspecified atom stereocenters. The molecule has 2 heterocycles. The van der Waals surface area contributed by atoms with Crippen molar-refractivity contribution in [3.05, 3.63) is 12.2 Å². The molecule has 0 atom stereocenters. The quantitative estimate of drug-likeness (QED) is 0.818. The van der Waals surface area contributed by atoms with Crippen molar-refractivity contribution in [2.24, 2.45) is 0 Å². The molecule has 1 saturated heterocycles. The minimum atomic E-state index is 0.200. The first-order chi connectivity index (χ1) is 7.66. The zero-order valence-electron chi connectivity index (χ0n) is 10.1. The van der Waals surface area contributed by atoms with Crippen LogP contribution in [0.25, 0.3) is 0 Å². The van der Waals surface area contributed by atoms with Gasteiger partial charge >= 0.3 is 0 Å². The standard InChI is InChI=1S/C11H20N4O/c1-11(2)8-15(6-3-5-13-11)7-4-10-12-9-14-16-10/h9,13H,3-8H2,1-2H3. The van der Waals surface area contributed by atoms with Crippen molar-refractivity contribution in [3.63, 3.8) is 0 Å². The van der Waals surface area contributed by atoms with Crippen LogP contribution in [0.15, 0.2) is 10.9 Å². The summed E-state index contributed by atoms with van der Waals surface area (Å²) in [5.74, 6) is 0.731. The molecule has 1 fully saturated rings. The molecule has 5 heteroatoms. The molecular formula is C11H20N4O. The average molecular weight is 224 g/mol. The van der Waals surface area contributed by atoms with E-state index in [1.165, 1.54) is 12.7 Å². The minimum Gasteiger partial charge on any atom is -0.340 e. The molecule has 0 saturated carbocycles. The molecule has 0 radical (unpaired) electrons. The molecular weight excluding hydrogens is 204 g/mol. The fraction of sp³-hybridized carbons (Fsp3) is 0.818. The molecule has 1 aliphatic rings. The van der Waals surface area contributed by atoms with Crippen LogP contribution in [0.2, 0.25) is 0 Å². The first-order valence-corrected chi connectivity index (χ1v) is 5.89. The number of hydrogen-bond donors (Lipinski definition) is 1. The van der Waals surface area contributed by atoms with Gasteiger partial charge in [0.05, 0.1) is 0 Å². The van der Waals surface area contributed by atoms with Gasteiger partial charge in [-0.15, -0.1) is 0 Å². The lowest BCUT2D eigenvalue weighted by Crippen LogP contribution is -2.46. The van der Waals surface area contributed by atoms with Crippen LogP contribution in [0.4, 0.5) is 0 Å². The van der Waals surface area contributed by atoms with Gasteiger partial charge in [-0.1, -0.05) is 5.16 Å². The fourth-order valence-electron chi connectivity index (χ4n) is 2.17. The van der Waals surface area contributed by atoms with Gasteiger partial charge in [0.2, 0.25) is 5.89 Å². The molecule has 1 aromatic rings. The summed E-state index contributed by atoms with van der Waals surface area (Å²) in [4.78, 5) is 6.50. The van der Waals surface area contributed by atoms with E-state index in [1.54, 1.807) is 0 Å². The Morgan fingerprint density at radius 2 is 2.44 bits per heavy atom. The van der Waals surface area contributed by atoms with E-state index in [2.05, 4.69) is 34.2 Å². The molecule has 0 spiro atoms. The van der Waals surface area contributed by atoms with E-state index < -0.39 is 0 Å². The molecule has 2 rings (SSSR count). The van der Waals surface area contributed by atoms with Crippen LogP contribution in [0.1, 0.15) is 26.2 Å². The fourth-order valence-corrected chi connectivity index (χ4v) is 2.17. The second kappa shape index (κ2) is 4.93. The van der Waals surface area contributed by atoms with E-state index in [0.29, 0.717) is 0 Å². The maximum Gasteiger partial charge on any atom is 0.227 e. The Hall–Kier alpha value is -0.940. The molecule has 0 aromatic carbocycles. The van der Waals surface area contributed by atoms with Gasteiger partial charge in [-0.3, -0.25) is 0 Å². The topological polar surface area (TPSA) is 54.2 Å². The van der Waals surface area contributed by atoms with Crippen LogP contribution in [0, 0.1) is 0 Å². The highest BCUT2D eigenvalue weighted by molar-refractivity contribution is 4.86. The van der Waals surface area contributed by atoms with Gasteiger partial charge in [0.25, 0.3) is 0 Å². The van der Waals surface area contributed by atoms with Crippen molar-refractivity contribution < 1.29 is 4.52 Å². The second-order valence-electron chi connectivity index (χ2n) is 5.03. The number of rotatable bonds is 3. The predicted octanol–water partition coefficient (Wildman–Crippen LogP) is 0.686. The number of aromatic nitrogens is 2. The zero-order chi connectivity index (χ0) is 11.4. The highest BCUT2D eigenvalue weighted by Gasteiger charge is 2.23. The molecule has 0 amide bonds. The Morgan fingerprint density at radius 3 is 3.19 bits per heavy atom. The van der Waals surface area contributed by atoms with E-state index in [0.717, 1.165) is 38.5 Å². The molecule has 1 aromatic heterocycles. The largest absolute Gasteiger partial charge is 0.340 e. The number of nitrogens with one attached hydrogen (secondary N) is 1. The Bertz CT molecular complexity index is 310. The summed E-state index contributed by atoms with van der Waals surface area (Å²) < 4.78 is 5.00. The summed E-state index contributed by atoms with van der Waals surface area (Å²) in [6.45, 7) is 8.80. The third kappa shape index (κ3) is 3.28. The smallest absolute Gasteiger partial charge is 0.227 e. The van der Waals surface area contributed by atoms with Crippen LogP contribution in [0.3, 0.4) is 0 Å². The predicted molar refractivity (Wildman–Crippen MR) is 61.1 cm³/mol. The van der Waals surface area contributed by atoms with Crippen LogP contribution >= 0.6 is 0 Å². The highest BCUT2D eigenvalue weighted by atomic mass is 16.5. The molecule has 5 nitrogen and oxygen atoms in total. The summed E-state index contributed by atoms with van der Waals surface area (Å²) in [5.41, 5.74) is 0.200. The summed E-state index contributed by atoms with van der Waals surface area (Å²) >= 11 is 0. The van der Waals surface area contributed by atoms with Crippen LogP contribution in [-0.2, 0) is 6.42 Å². The third-order valence-electron chi connectivity index (χ3n) is 2.92. The average Bonchev–Trinajstić information content (AvgIpc) is 2.67. The SMILES string of the molecule is CC1(C)CN(CCc2ncno2)CCCN1. The lowest BCUT2D eigenvalue weighted by molar-refractivity contribution is 0.225. The summed E-state index contributed by atoms with van der Waals surface area (Å²) in [7, 11) is 0. The van der Waals surface area contributed by atoms with Gasteiger partial charge in [-0.2, -0.15) is 4.98 Å². The Balaban J connectivity index is 1.84. The second-order valence-corrected chi connectivity index (χ2v) is 5.03. The van der Waals surface area contributed by atoms with Crippen molar-refractivity contribution >= 4 is 0 Å². The summed E-state index contributed by atoms with van der Waals surface area (Å²) in [5, 5.41) is 7.17. The molecule has 1 N–H and O–H groups in total. The van der Waals surface area contributed by atoms with Crippen molar-refractivity contribution in [2.45, 2.75) is 32.2 Å². The van der Waals surface area contributed by atoms with Gasteiger partial charge in [-0.05, 0) is 33.4 Å². The summed E-state index contributed by atoms with van der Waals surface area (Å²) in [6.07, 6.45) is 3.51. The first kappa shape index (κ1) is 11.5. The normalized spacial score (nSPS) is 21.9. The minimum absolute atomic E-state index is 0.200. The van der Waals surface area contributed by atoms with Gasteiger partial charge < -0.3 is 14.7 Å². The maximum absolute atomic E-state index is 5.00. The van der Waals surface area contributed by atoms with E-state index in [4.69, 9.17) is 4.52 Å². The molecule has 90 valence electrons. The molecule has 1 aliphatic heterocycles. The molecule has 0 aliphatic carbocycles. The number of hydrogen-bond acceptors (Lipinski definition) is 5. The lowest BCUT2D eigenvalue weighted by Gasteiger charge is -2.29. The van der Waals surface area contributed by atoms with E-state index in [1.807, 2.05) is 0 Å².